The molecule has 1 amide bonds. The molecule has 0 aromatic carbocycles. The number of hydrogen-bond donors (Lipinski definition) is 3. The second kappa shape index (κ2) is 6.68. The maximum absolute atomic E-state index is 13.0. The van der Waals surface area contributed by atoms with Crippen LogP contribution >= 0.6 is 0 Å². The third kappa shape index (κ3) is 3.16. The summed E-state index contributed by atoms with van der Waals surface area (Å²) in [5, 5.41) is 13.5. The van der Waals surface area contributed by atoms with Crippen LogP contribution in [-0.2, 0) is 4.79 Å². The van der Waals surface area contributed by atoms with Gasteiger partial charge in [-0.1, -0.05) is 0 Å². The van der Waals surface area contributed by atoms with E-state index in [1.807, 2.05) is 6.07 Å². The fourth-order valence-corrected chi connectivity index (χ4v) is 3.62. The van der Waals surface area contributed by atoms with Crippen LogP contribution in [0, 0.1) is 5.92 Å². The molecule has 3 atom stereocenters. The Kier molecular flexibility index (Phi) is 4.36. The number of nitrogens with two attached hydrogens (primary N) is 1. The molecule has 7 nitrogen and oxygen atoms in total. The first-order chi connectivity index (χ1) is 12.6. The van der Waals surface area contributed by atoms with Crippen LogP contribution in [0.15, 0.2) is 18.3 Å². The van der Waals surface area contributed by atoms with E-state index in [4.69, 9.17) is 5.73 Å². The minimum absolute atomic E-state index is 0.140. The second-order valence-electron chi connectivity index (χ2n) is 7.01. The Morgan fingerprint density at radius 3 is 3.00 bits per heavy atom. The smallest absolute Gasteiger partial charge is 0.231 e. The predicted octanol–water partition coefficient (Wildman–Crippen LogP) is 1.86. The number of nitrogens with one attached hydrogen (secondary N) is 1. The van der Waals surface area contributed by atoms with Crippen LogP contribution in [0.4, 0.5) is 21.8 Å². The molecule has 2 aromatic rings. The largest absolute Gasteiger partial charge is 0.396 e. The molecule has 8 heteroatoms. The fraction of sp³-hybridized carbons (Fsp3) is 0.500. The van der Waals surface area contributed by atoms with E-state index in [1.54, 1.807) is 12.3 Å². The van der Waals surface area contributed by atoms with Crippen LogP contribution in [-0.4, -0.2) is 46.3 Å². The third-order valence-corrected chi connectivity index (χ3v) is 5.17. The molecular formula is C18H22FN5O2. The Balaban J connectivity index is 1.62. The molecular weight excluding hydrogens is 337 g/mol. The maximum Gasteiger partial charge on any atom is 0.231 e. The van der Waals surface area contributed by atoms with Crippen LogP contribution < -0.4 is 16.0 Å². The third-order valence-electron chi connectivity index (χ3n) is 5.17. The first kappa shape index (κ1) is 17.0. The van der Waals surface area contributed by atoms with Gasteiger partial charge in [0.15, 0.2) is 0 Å². The first-order valence-electron chi connectivity index (χ1n) is 8.95. The summed E-state index contributed by atoms with van der Waals surface area (Å²) < 4.78 is 13.0. The van der Waals surface area contributed by atoms with E-state index in [0.29, 0.717) is 23.4 Å². The van der Waals surface area contributed by atoms with Crippen LogP contribution in [0.1, 0.15) is 25.7 Å². The van der Waals surface area contributed by atoms with Gasteiger partial charge in [0.2, 0.25) is 5.91 Å². The van der Waals surface area contributed by atoms with Gasteiger partial charge in [0, 0.05) is 30.8 Å². The van der Waals surface area contributed by atoms with Gasteiger partial charge in [0.25, 0.3) is 0 Å². The topological polar surface area (TPSA) is 104 Å². The van der Waals surface area contributed by atoms with Gasteiger partial charge in [-0.15, -0.1) is 0 Å². The van der Waals surface area contributed by atoms with Gasteiger partial charge >= 0.3 is 0 Å². The number of carbonyl (C=O) groups is 1. The SMILES string of the molecule is Nc1nc(N2CCC[C@H]2CCO)cc2cc(NC(=O)[C@H]3C[C@H]3F)ncc12. The molecule has 1 aliphatic carbocycles. The zero-order chi connectivity index (χ0) is 18.3. The average molecular weight is 359 g/mol. The lowest BCUT2D eigenvalue weighted by Crippen LogP contribution is -2.30. The molecule has 0 unspecified atom stereocenters. The highest BCUT2D eigenvalue weighted by Crippen LogP contribution is 2.35. The van der Waals surface area contributed by atoms with Crippen molar-refractivity contribution in [3.8, 4) is 0 Å². The Morgan fingerprint density at radius 2 is 2.27 bits per heavy atom. The van der Waals surface area contributed by atoms with E-state index in [-0.39, 0.29) is 25.0 Å². The lowest BCUT2D eigenvalue weighted by Gasteiger charge is -2.25. The number of fused-ring (bicyclic) bond motifs is 1. The van der Waals surface area contributed by atoms with E-state index in [1.165, 1.54) is 0 Å². The number of nitrogens with zero attached hydrogens (tertiary/aromatic N) is 3. The predicted molar refractivity (Wildman–Crippen MR) is 97.7 cm³/mol. The zero-order valence-electron chi connectivity index (χ0n) is 14.4. The molecule has 4 rings (SSSR count). The number of amides is 1. The molecule has 1 saturated carbocycles. The molecule has 138 valence electrons. The Labute approximate surface area is 150 Å². The van der Waals surface area contributed by atoms with Crippen molar-refractivity contribution >= 4 is 34.1 Å². The summed E-state index contributed by atoms with van der Waals surface area (Å²) in [5.74, 6) is 0.624. The van der Waals surface area contributed by atoms with Gasteiger partial charge in [0.1, 0.15) is 23.6 Å². The summed E-state index contributed by atoms with van der Waals surface area (Å²) >= 11 is 0. The van der Waals surface area contributed by atoms with E-state index >= 15 is 0 Å². The number of hydrogen-bond acceptors (Lipinski definition) is 6. The molecule has 3 heterocycles. The lowest BCUT2D eigenvalue weighted by atomic mass is 10.1. The van der Waals surface area contributed by atoms with Crippen molar-refractivity contribution in [2.24, 2.45) is 5.92 Å². The number of aliphatic hydroxyl groups excluding tert-OH is 1. The second-order valence-corrected chi connectivity index (χ2v) is 7.01. The molecule has 1 saturated heterocycles. The van der Waals surface area contributed by atoms with Crippen LogP contribution in [0.25, 0.3) is 10.8 Å². The summed E-state index contributed by atoms with van der Waals surface area (Å²) in [6.45, 7) is 1.01. The number of alkyl halides is 1. The van der Waals surface area contributed by atoms with Gasteiger partial charge in [-0.2, -0.15) is 0 Å². The highest BCUT2D eigenvalue weighted by Gasteiger charge is 2.43. The molecule has 2 aromatic heterocycles. The number of rotatable bonds is 5. The van der Waals surface area contributed by atoms with Crippen molar-refractivity contribution in [2.75, 3.05) is 29.1 Å². The summed E-state index contributed by atoms with van der Waals surface area (Å²) in [4.78, 5) is 22.8. The van der Waals surface area contributed by atoms with E-state index in [2.05, 4.69) is 20.2 Å². The number of halogens is 1. The molecule has 2 aliphatic rings. The van der Waals surface area contributed by atoms with Crippen molar-refractivity contribution in [1.82, 2.24) is 9.97 Å². The van der Waals surface area contributed by atoms with Gasteiger partial charge in [-0.3, -0.25) is 4.79 Å². The summed E-state index contributed by atoms with van der Waals surface area (Å²) in [5.41, 5.74) is 6.11. The molecule has 1 aliphatic heterocycles. The number of carbonyl (C=O) groups excluding carboxylic acids is 1. The minimum Gasteiger partial charge on any atom is -0.396 e. The van der Waals surface area contributed by atoms with Gasteiger partial charge < -0.3 is 21.1 Å². The van der Waals surface area contributed by atoms with E-state index < -0.39 is 12.1 Å². The Hall–Kier alpha value is -2.48. The van der Waals surface area contributed by atoms with Gasteiger partial charge in [0.05, 0.1) is 5.92 Å². The van der Waals surface area contributed by atoms with Crippen LogP contribution in [0.5, 0.6) is 0 Å². The standard InChI is InChI=1S/C18H22FN5O2/c19-14-8-12(14)18(26)22-15-6-10-7-16(23-17(20)13(10)9-21-15)24-4-1-2-11(24)3-5-25/h6-7,9,11-12,14,25H,1-5,8H2,(H2,20,23)(H,21,22,26)/t11-,12-,14+/m0/s1. The molecule has 4 N–H and O–H groups in total. The number of pyridine rings is 2. The number of nitrogen functional groups attached to an aromatic ring is 1. The van der Waals surface area contributed by atoms with Crippen molar-refractivity contribution in [2.45, 2.75) is 37.9 Å². The average Bonchev–Trinajstić information content (AvgIpc) is 3.16. The summed E-state index contributed by atoms with van der Waals surface area (Å²) in [6, 6.07) is 3.91. The van der Waals surface area contributed by atoms with Crippen molar-refractivity contribution in [3.05, 3.63) is 18.3 Å². The fourth-order valence-electron chi connectivity index (χ4n) is 3.62. The summed E-state index contributed by atoms with van der Waals surface area (Å²) in [6.07, 6.45) is 3.58. The quantitative estimate of drug-likeness (QED) is 0.753. The highest BCUT2D eigenvalue weighted by molar-refractivity contribution is 5.98. The summed E-state index contributed by atoms with van der Waals surface area (Å²) in [7, 11) is 0. The minimum atomic E-state index is -1.04. The van der Waals surface area contributed by atoms with Crippen LogP contribution in [0.2, 0.25) is 0 Å². The number of aromatic nitrogens is 2. The maximum atomic E-state index is 13.0. The normalized spacial score (nSPS) is 24.8. The lowest BCUT2D eigenvalue weighted by molar-refractivity contribution is -0.117. The molecule has 2 fully saturated rings. The van der Waals surface area contributed by atoms with E-state index in [0.717, 1.165) is 30.6 Å². The zero-order valence-corrected chi connectivity index (χ0v) is 14.4. The van der Waals surface area contributed by atoms with Crippen molar-refractivity contribution in [3.63, 3.8) is 0 Å². The van der Waals surface area contributed by atoms with Crippen molar-refractivity contribution < 1.29 is 14.3 Å². The molecule has 0 bridgehead atoms. The monoisotopic (exact) mass is 359 g/mol. The number of aliphatic hydroxyl groups is 1. The van der Waals surface area contributed by atoms with Gasteiger partial charge in [-0.05, 0) is 43.2 Å². The highest BCUT2D eigenvalue weighted by atomic mass is 19.1. The van der Waals surface area contributed by atoms with Gasteiger partial charge in [-0.25, -0.2) is 14.4 Å². The Bertz CT molecular complexity index is 846. The van der Waals surface area contributed by atoms with Crippen molar-refractivity contribution in [1.29, 1.82) is 0 Å². The first-order valence-corrected chi connectivity index (χ1v) is 8.95. The Morgan fingerprint density at radius 1 is 1.46 bits per heavy atom. The van der Waals surface area contributed by atoms with E-state index in [9.17, 15) is 14.3 Å². The molecule has 26 heavy (non-hydrogen) atoms. The number of anilines is 3. The molecule has 0 radical (unpaired) electrons. The molecule has 0 spiro atoms. The van der Waals surface area contributed by atoms with Crippen LogP contribution in [0.3, 0.4) is 0 Å².